The minimum absolute atomic E-state index is 0.0362. The van der Waals surface area contributed by atoms with Crippen LogP contribution in [0.25, 0.3) is 0 Å². The number of carbonyl (C=O) groups excluding carboxylic acids is 2. The van der Waals surface area contributed by atoms with E-state index < -0.39 is 0 Å². The van der Waals surface area contributed by atoms with E-state index in [-0.39, 0.29) is 17.9 Å². The van der Waals surface area contributed by atoms with E-state index >= 15 is 0 Å². The monoisotopic (exact) mass is 373 g/mol. The van der Waals surface area contributed by atoms with Gasteiger partial charge in [-0.3, -0.25) is 9.69 Å². The van der Waals surface area contributed by atoms with Crippen LogP contribution in [0.1, 0.15) is 25.5 Å². The Hall–Kier alpha value is -2.41. The Kier molecular flexibility index (Phi) is 5.88. The maximum absolute atomic E-state index is 13.3. The highest BCUT2D eigenvalue weighted by molar-refractivity contribution is 7.14. The number of likely N-dealkylation sites (tertiary alicyclic amines) is 1. The molecule has 138 valence electrons. The topological polar surface area (TPSA) is 62.7 Å². The van der Waals surface area contributed by atoms with E-state index in [4.69, 9.17) is 4.74 Å². The number of benzene rings is 1. The number of amides is 2. The molecule has 0 N–H and O–H groups in total. The molecule has 1 saturated heterocycles. The van der Waals surface area contributed by atoms with Gasteiger partial charge in [-0.2, -0.15) is 0 Å². The Bertz CT molecular complexity index is 754. The lowest BCUT2D eigenvalue weighted by Gasteiger charge is -2.33. The summed E-state index contributed by atoms with van der Waals surface area (Å²) in [5, 5.41) is 2.63. The van der Waals surface area contributed by atoms with Crippen molar-refractivity contribution < 1.29 is 14.3 Å². The van der Waals surface area contributed by atoms with E-state index in [1.165, 1.54) is 11.3 Å². The standard InChI is InChI=1S/C19H23N3O3S/c1-3-25-19(24)21-11-9-15(10-12-21)17(23)22(16-7-5-4-6-8-16)18-20-14(2)13-26-18/h4-8,13,15H,3,9-12H2,1-2H3. The molecule has 0 aliphatic carbocycles. The van der Waals surface area contributed by atoms with Gasteiger partial charge in [0.05, 0.1) is 18.0 Å². The molecule has 0 saturated carbocycles. The van der Waals surface area contributed by atoms with Gasteiger partial charge in [0.15, 0.2) is 5.13 Å². The van der Waals surface area contributed by atoms with E-state index in [2.05, 4.69) is 4.98 Å². The van der Waals surface area contributed by atoms with E-state index in [1.807, 2.05) is 42.6 Å². The van der Waals surface area contributed by atoms with Gasteiger partial charge in [-0.25, -0.2) is 9.78 Å². The summed E-state index contributed by atoms with van der Waals surface area (Å²) in [5.41, 5.74) is 1.72. The molecule has 1 fully saturated rings. The van der Waals surface area contributed by atoms with Crippen LogP contribution in [-0.2, 0) is 9.53 Å². The van der Waals surface area contributed by atoms with Crippen LogP contribution in [0.3, 0.4) is 0 Å². The van der Waals surface area contributed by atoms with E-state index in [9.17, 15) is 9.59 Å². The molecule has 0 spiro atoms. The van der Waals surface area contributed by atoms with Crippen molar-refractivity contribution >= 4 is 34.2 Å². The first kappa shape index (κ1) is 18.4. The number of thiazole rings is 1. The van der Waals surface area contributed by atoms with Gasteiger partial charge < -0.3 is 9.64 Å². The molecule has 3 rings (SSSR count). The molecule has 1 aliphatic heterocycles. The number of hydrogen-bond acceptors (Lipinski definition) is 5. The highest BCUT2D eigenvalue weighted by atomic mass is 32.1. The molecular weight excluding hydrogens is 350 g/mol. The Balaban J connectivity index is 1.76. The van der Waals surface area contributed by atoms with Gasteiger partial charge in [0, 0.05) is 24.4 Å². The average molecular weight is 373 g/mol. The summed E-state index contributed by atoms with van der Waals surface area (Å²) in [6.07, 6.45) is 0.963. The molecule has 2 heterocycles. The second-order valence-electron chi connectivity index (χ2n) is 6.24. The van der Waals surface area contributed by atoms with Crippen LogP contribution in [0.15, 0.2) is 35.7 Å². The normalized spacial score (nSPS) is 14.9. The van der Waals surface area contributed by atoms with E-state index in [1.54, 1.807) is 16.7 Å². The summed E-state index contributed by atoms with van der Waals surface area (Å²) < 4.78 is 5.05. The maximum Gasteiger partial charge on any atom is 0.409 e. The van der Waals surface area contributed by atoms with Gasteiger partial charge >= 0.3 is 6.09 Å². The zero-order chi connectivity index (χ0) is 18.5. The van der Waals surface area contributed by atoms with Gasteiger partial charge in [-0.15, -0.1) is 11.3 Å². The number of aryl methyl sites for hydroxylation is 1. The number of para-hydroxylation sites is 1. The number of hydrogen-bond donors (Lipinski definition) is 0. The van der Waals surface area contributed by atoms with Gasteiger partial charge in [0.25, 0.3) is 0 Å². The van der Waals surface area contributed by atoms with Crippen molar-refractivity contribution in [3.8, 4) is 0 Å². The molecule has 0 unspecified atom stereocenters. The Labute approximate surface area is 157 Å². The first-order valence-electron chi connectivity index (χ1n) is 8.83. The molecule has 26 heavy (non-hydrogen) atoms. The largest absolute Gasteiger partial charge is 0.450 e. The van der Waals surface area contributed by atoms with Crippen LogP contribution in [0.4, 0.5) is 15.6 Å². The summed E-state index contributed by atoms with van der Waals surface area (Å²) in [6.45, 7) is 5.15. The average Bonchev–Trinajstić information content (AvgIpc) is 3.09. The lowest BCUT2D eigenvalue weighted by molar-refractivity contribution is -0.123. The molecular formula is C19H23N3O3S. The van der Waals surface area contributed by atoms with Crippen LogP contribution in [-0.4, -0.2) is 41.6 Å². The molecule has 6 nitrogen and oxygen atoms in total. The van der Waals surface area contributed by atoms with Gasteiger partial charge in [0.1, 0.15) is 0 Å². The maximum atomic E-state index is 13.3. The van der Waals surface area contributed by atoms with Crippen LogP contribution in [0.5, 0.6) is 0 Å². The summed E-state index contributed by atoms with van der Waals surface area (Å²) >= 11 is 1.47. The third kappa shape index (κ3) is 4.04. The fourth-order valence-corrected chi connectivity index (χ4v) is 3.89. The molecule has 0 radical (unpaired) electrons. The molecule has 7 heteroatoms. The van der Waals surface area contributed by atoms with E-state index in [0.717, 1.165) is 11.4 Å². The Morgan fingerprint density at radius 3 is 2.54 bits per heavy atom. The van der Waals surface area contributed by atoms with Crippen molar-refractivity contribution in [2.75, 3.05) is 24.6 Å². The van der Waals surface area contributed by atoms with Gasteiger partial charge in [-0.05, 0) is 38.8 Å². The highest BCUT2D eigenvalue weighted by Gasteiger charge is 2.33. The summed E-state index contributed by atoms with van der Waals surface area (Å²) in [4.78, 5) is 33.0. The lowest BCUT2D eigenvalue weighted by Crippen LogP contribution is -2.43. The fourth-order valence-electron chi connectivity index (χ4n) is 3.06. The van der Waals surface area contributed by atoms with Crippen LogP contribution in [0, 0.1) is 12.8 Å². The minimum Gasteiger partial charge on any atom is -0.450 e. The van der Waals surface area contributed by atoms with Gasteiger partial charge in [0.2, 0.25) is 5.91 Å². The van der Waals surface area contributed by atoms with Crippen LogP contribution < -0.4 is 4.90 Å². The van der Waals surface area contributed by atoms with Crippen LogP contribution in [0.2, 0.25) is 0 Å². The fraction of sp³-hybridized carbons (Fsp3) is 0.421. The first-order valence-corrected chi connectivity index (χ1v) is 9.71. The molecule has 2 aromatic rings. The van der Waals surface area contributed by atoms with Crippen LogP contribution >= 0.6 is 11.3 Å². The number of carbonyl (C=O) groups is 2. The zero-order valence-electron chi connectivity index (χ0n) is 15.1. The summed E-state index contributed by atoms with van der Waals surface area (Å²) in [5.74, 6) is -0.0980. The SMILES string of the molecule is CCOC(=O)N1CCC(C(=O)N(c2ccccc2)c2nc(C)cs2)CC1. The molecule has 0 atom stereocenters. The number of rotatable bonds is 4. The van der Waals surface area contributed by atoms with Crippen molar-refractivity contribution in [3.63, 3.8) is 0 Å². The molecule has 1 aliphatic rings. The molecule has 2 amide bonds. The minimum atomic E-state index is -0.297. The number of nitrogens with zero attached hydrogens (tertiary/aromatic N) is 3. The smallest absolute Gasteiger partial charge is 0.409 e. The number of aromatic nitrogens is 1. The molecule has 1 aromatic heterocycles. The first-order chi connectivity index (χ1) is 12.6. The van der Waals surface area contributed by atoms with Crippen molar-refractivity contribution in [3.05, 3.63) is 41.4 Å². The highest BCUT2D eigenvalue weighted by Crippen LogP contribution is 2.32. The Morgan fingerprint density at radius 1 is 1.27 bits per heavy atom. The third-order valence-corrected chi connectivity index (χ3v) is 5.35. The Morgan fingerprint density at radius 2 is 1.96 bits per heavy atom. The van der Waals surface area contributed by atoms with Gasteiger partial charge in [-0.1, -0.05) is 18.2 Å². The quantitative estimate of drug-likeness (QED) is 0.813. The van der Waals surface area contributed by atoms with Crippen molar-refractivity contribution in [1.82, 2.24) is 9.88 Å². The summed E-state index contributed by atoms with van der Waals surface area (Å²) in [7, 11) is 0. The van der Waals surface area contributed by atoms with Crippen molar-refractivity contribution in [2.45, 2.75) is 26.7 Å². The number of ether oxygens (including phenoxy) is 1. The number of piperidine rings is 1. The second kappa shape index (κ2) is 8.31. The summed E-state index contributed by atoms with van der Waals surface area (Å²) in [6, 6.07) is 9.60. The predicted molar refractivity (Wildman–Crippen MR) is 102 cm³/mol. The zero-order valence-corrected chi connectivity index (χ0v) is 15.9. The second-order valence-corrected chi connectivity index (χ2v) is 7.08. The van der Waals surface area contributed by atoms with E-state index in [0.29, 0.717) is 37.7 Å². The molecule has 1 aromatic carbocycles. The predicted octanol–water partition coefficient (Wildman–Crippen LogP) is 3.98. The molecule has 0 bridgehead atoms. The van der Waals surface area contributed by atoms with Crippen molar-refractivity contribution in [1.29, 1.82) is 0 Å². The lowest BCUT2D eigenvalue weighted by atomic mass is 9.95. The number of anilines is 2. The third-order valence-electron chi connectivity index (χ3n) is 4.40. The van der Waals surface area contributed by atoms with Crippen molar-refractivity contribution in [2.24, 2.45) is 5.92 Å².